The van der Waals surface area contributed by atoms with Crippen molar-refractivity contribution in [2.75, 3.05) is 33.2 Å². The molecule has 1 spiro atoms. The first-order valence-corrected chi connectivity index (χ1v) is 5.28. The molecule has 0 radical (unpaired) electrons. The number of likely N-dealkylation sites (tertiary alicyclic amines) is 2. The third-order valence-corrected chi connectivity index (χ3v) is 3.59. The fraction of sp³-hybridized carbons (Fsp3) is 0.900. The van der Waals surface area contributed by atoms with E-state index >= 15 is 0 Å². The molecule has 0 amide bonds. The summed E-state index contributed by atoms with van der Waals surface area (Å²) >= 11 is 0. The maximum atomic E-state index is 10.7. The highest BCUT2D eigenvalue weighted by Gasteiger charge is 2.45. The zero-order valence-electron chi connectivity index (χ0n) is 8.70. The van der Waals surface area contributed by atoms with Gasteiger partial charge >= 0.3 is 5.97 Å². The van der Waals surface area contributed by atoms with Crippen molar-refractivity contribution in [3.05, 3.63) is 0 Å². The summed E-state index contributed by atoms with van der Waals surface area (Å²) in [5, 5.41) is 8.83. The summed E-state index contributed by atoms with van der Waals surface area (Å²) in [5.41, 5.74) is 0.188. The van der Waals surface area contributed by atoms with Crippen LogP contribution < -0.4 is 0 Å². The summed E-state index contributed by atoms with van der Waals surface area (Å²) < 4.78 is 0. The summed E-state index contributed by atoms with van der Waals surface area (Å²) in [5.74, 6) is -0.694. The number of nitrogens with zero attached hydrogens (tertiary/aromatic N) is 2. The number of carbonyl (C=O) groups is 1. The predicted octanol–water partition coefficient (Wildman–Crippen LogP) is 0.241. The van der Waals surface area contributed by atoms with E-state index < -0.39 is 5.97 Å². The zero-order valence-corrected chi connectivity index (χ0v) is 8.70. The lowest BCUT2D eigenvalue weighted by Crippen LogP contribution is -2.47. The predicted molar refractivity (Wildman–Crippen MR) is 53.3 cm³/mol. The molecule has 0 aromatic heterocycles. The van der Waals surface area contributed by atoms with Gasteiger partial charge in [-0.15, -0.1) is 0 Å². The van der Waals surface area contributed by atoms with Gasteiger partial charge in [-0.1, -0.05) is 0 Å². The van der Waals surface area contributed by atoms with Gasteiger partial charge in [0.05, 0.1) is 6.54 Å². The highest BCUT2D eigenvalue weighted by Crippen LogP contribution is 2.36. The zero-order chi connectivity index (χ0) is 10.2. The number of hydrogen-bond acceptors (Lipinski definition) is 3. The lowest BCUT2D eigenvalue weighted by molar-refractivity contribution is -0.139. The monoisotopic (exact) mass is 198 g/mol. The Morgan fingerprint density at radius 2 is 2.21 bits per heavy atom. The van der Waals surface area contributed by atoms with Crippen molar-refractivity contribution in [2.45, 2.75) is 24.8 Å². The molecule has 4 heteroatoms. The Balaban J connectivity index is 2.06. The largest absolute Gasteiger partial charge is 0.480 e. The van der Waals surface area contributed by atoms with Crippen molar-refractivity contribution in [3.8, 4) is 0 Å². The standard InChI is InChI=1S/C10H18N2O2/c1-11-6-4-10(8-11)3-2-5-12(10)7-9(13)14/h2-8H2,1H3,(H,13,14). The van der Waals surface area contributed by atoms with E-state index in [4.69, 9.17) is 5.11 Å². The van der Waals surface area contributed by atoms with E-state index in [0.29, 0.717) is 0 Å². The van der Waals surface area contributed by atoms with Gasteiger partial charge < -0.3 is 10.0 Å². The van der Waals surface area contributed by atoms with E-state index in [1.54, 1.807) is 0 Å². The minimum Gasteiger partial charge on any atom is -0.480 e. The number of rotatable bonds is 2. The molecule has 1 atom stereocenters. The third kappa shape index (κ3) is 1.64. The van der Waals surface area contributed by atoms with Crippen LogP contribution in [0.25, 0.3) is 0 Å². The first-order valence-electron chi connectivity index (χ1n) is 5.28. The van der Waals surface area contributed by atoms with Gasteiger partial charge in [0.1, 0.15) is 0 Å². The Morgan fingerprint density at radius 1 is 1.43 bits per heavy atom. The number of likely N-dealkylation sites (N-methyl/N-ethyl adjacent to an activating group) is 1. The Kier molecular flexibility index (Phi) is 2.49. The fourth-order valence-electron chi connectivity index (χ4n) is 2.93. The summed E-state index contributed by atoms with van der Waals surface area (Å²) in [4.78, 5) is 15.2. The van der Waals surface area contributed by atoms with Crippen LogP contribution in [0.3, 0.4) is 0 Å². The van der Waals surface area contributed by atoms with Gasteiger partial charge in [0.25, 0.3) is 0 Å². The summed E-state index contributed by atoms with van der Waals surface area (Å²) in [6.07, 6.45) is 3.46. The van der Waals surface area contributed by atoms with Crippen LogP contribution in [0.4, 0.5) is 0 Å². The highest BCUT2D eigenvalue weighted by atomic mass is 16.4. The van der Waals surface area contributed by atoms with Crippen LogP contribution in [-0.2, 0) is 4.79 Å². The molecule has 1 unspecified atom stereocenters. The van der Waals surface area contributed by atoms with Crippen molar-refractivity contribution in [3.63, 3.8) is 0 Å². The van der Waals surface area contributed by atoms with E-state index in [1.165, 1.54) is 6.42 Å². The molecule has 0 aliphatic carbocycles. The second kappa shape index (κ2) is 3.51. The van der Waals surface area contributed by atoms with Crippen LogP contribution in [0.2, 0.25) is 0 Å². The van der Waals surface area contributed by atoms with Crippen molar-refractivity contribution in [2.24, 2.45) is 0 Å². The Labute approximate surface area is 84.5 Å². The maximum Gasteiger partial charge on any atom is 0.317 e. The van der Waals surface area contributed by atoms with E-state index in [1.807, 2.05) is 0 Å². The quantitative estimate of drug-likeness (QED) is 0.690. The molecule has 0 saturated carbocycles. The fourth-order valence-corrected chi connectivity index (χ4v) is 2.93. The van der Waals surface area contributed by atoms with Crippen LogP contribution in [0.1, 0.15) is 19.3 Å². The van der Waals surface area contributed by atoms with Gasteiger partial charge in [-0.2, -0.15) is 0 Å². The topological polar surface area (TPSA) is 43.8 Å². The smallest absolute Gasteiger partial charge is 0.317 e. The molecule has 1 N–H and O–H groups in total. The van der Waals surface area contributed by atoms with E-state index in [-0.39, 0.29) is 12.1 Å². The highest BCUT2D eigenvalue weighted by molar-refractivity contribution is 5.69. The molecule has 0 bridgehead atoms. The average Bonchev–Trinajstić information content (AvgIpc) is 2.62. The molecule has 14 heavy (non-hydrogen) atoms. The second-order valence-electron chi connectivity index (χ2n) is 4.63. The van der Waals surface area contributed by atoms with Crippen LogP contribution in [-0.4, -0.2) is 59.6 Å². The van der Waals surface area contributed by atoms with Crippen LogP contribution in [0.15, 0.2) is 0 Å². The van der Waals surface area contributed by atoms with Gasteiger partial charge in [0, 0.05) is 12.1 Å². The number of carboxylic acid groups (broad SMARTS) is 1. The molecular formula is C10H18N2O2. The number of carboxylic acids is 1. The van der Waals surface area contributed by atoms with Gasteiger partial charge in [-0.25, -0.2) is 0 Å². The van der Waals surface area contributed by atoms with E-state index in [9.17, 15) is 4.79 Å². The Bertz CT molecular complexity index is 244. The molecule has 2 aliphatic heterocycles. The van der Waals surface area contributed by atoms with Crippen molar-refractivity contribution >= 4 is 5.97 Å². The molecule has 2 aliphatic rings. The molecule has 2 rings (SSSR count). The van der Waals surface area contributed by atoms with Crippen LogP contribution in [0, 0.1) is 0 Å². The van der Waals surface area contributed by atoms with Gasteiger partial charge in [0.2, 0.25) is 0 Å². The van der Waals surface area contributed by atoms with Crippen molar-refractivity contribution in [1.82, 2.24) is 9.80 Å². The first kappa shape index (κ1) is 9.93. The minimum atomic E-state index is -0.694. The van der Waals surface area contributed by atoms with Crippen molar-refractivity contribution < 1.29 is 9.90 Å². The van der Waals surface area contributed by atoms with E-state index in [0.717, 1.165) is 32.5 Å². The second-order valence-corrected chi connectivity index (χ2v) is 4.63. The van der Waals surface area contributed by atoms with Gasteiger partial charge in [0.15, 0.2) is 0 Å². The van der Waals surface area contributed by atoms with Crippen LogP contribution in [0.5, 0.6) is 0 Å². The maximum absolute atomic E-state index is 10.7. The van der Waals surface area contributed by atoms with E-state index in [2.05, 4.69) is 16.8 Å². The lowest BCUT2D eigenvalue weighted by Gasteiger charge is -2.33. The number of hydrogen-bond donors (Lipinski definition) is 1. The molecular weight excluding hydrogens is 180 g/mol. The lowest BCUT2D eigenvalue weighted by atomic mass is 9.95. The SMILES string of the molecule is CN1CCC2(CCCN2CC(=O)O)C1. The molecule has 80 valence electrons. The first-order chi connectivity index (χ1) is 6.62. The normalized spacial score (nSPS) is 34.4. The molecule has 2 heterocycles. The van der Waals surface area contributed by atoms with Gasteiger partial charge in [-0.05, 0) is 39.4 Å². The summed E-state index contributed by atoms with van der Waals surface area (Å²) in [7, 11) is 2.12. The number of aliphatic carboxylic acids is 1. The average molecular weight is 198 g/mol. The summed E-state index contributed by atoms with van der Waals surface area (Å²) in [6.45, 7) is 3.32. The molecule has 0 aromatic carbocycles. The molecule has 0 aromatic rings. The summed E-state index contributed by atoms with van der Waals surface area (Å²) in [6, 6.07) is 0. The minimum absolute atomic E-state index is 0.188. The molecule has 2 fully saturated rings. The molecule has 4 nitrogen and oxygen atoms in total. The van der Waals surface area contributed by atoms with Gasteiger partial charge in [-0.3, -0.25) is 9.69 Å². The Hall–Kier alpha value is -0.610. The van der Waals surface area contributed by atoms with Crippen LogP contribution >= 0.6 is 0 Å². The van der Waals surface area contributed by atoms with Crippen molar-refractivity contribution in [1.29, 1.82) is 0 Å². The molecule has 2 saturated heterocycles. The third-order valence-electron chi connectivity index (χ3n) is 3.59. The Morgan fingerprint density at radius 3 is 2.79 bits per heavy atom.